The maximum atomic E-state index is 8.70. The summed E-state index contributed by atoms with van der Waals surface area (Å²) in [4.78, 5) is 4.31. The van der Waals surface area contributed by atoms with E-state index in [4.69, 9.17) is 14.7 Å². The number of ether oxygens (including phenoxy) is 2. The van der Waals surface area contributed by atoms with Crippen LogP contribution in [-0.2, 0) is 0 Å². The lowest BCUT2D eigenvalue weighted by molar-refractivity contribution is 0.360. The third kappa shape index (κ3) is 2.91. The van der Waals surface area contributed by atoms with Gasteiger partial charge in [-0.05, 0) is 18.1 Å². The van der Waals surface area contributed by atoms with Gasteiger partial charge >= 0.3 is 0 Å². The number of hydrogen-bond donors (Lipinski definition) is 0. The molecule has 4 nitrogen and oxygen atoms in total. The van der Waals surface area contributed by atoms with Crippen molar-refractivity contribution in [2.45, 2.75) is 19.8 Å². The normalized spacial score (nSPS) is 10.3. The first kappa shape index (κ1) is 14.4. The van der Waals surface area contributed by atoms with E-state index in [9.17, 15) is 0 Å². The Bertz CT molecular complexity index is 616. The molecular formula is C15H16N2O2S. The molecule has 0 N–H and O–H groups in total. The van der Waals surface area contributed by atoms with Crippen molar-refractivity contribution >= 4 is 11.3 Å². The molecule has 2 rings (SSSR count). The zero-order chi connectivity index (χ0) is 14.5. The molecule has 0 fully saturated rings. The third-order valence-corrected chi connectivity index (χ3v) is 3.54. The van der Waals surface area contributed by atoms with Gasteiger partial charge < -0.3 is 9.47 Å². The Morgan fingerprint density at radius 1 is 1.35 bits per heavy atom. The van der Waals surface area contributed by atoms with Crippen LogP contribution in [0.4, 0.5) is 0 Å². The SMILES string of the molecule is COc1cc(C(C)C)c(OCC#N)cc1-c1cscn1. The average Bonchev–Trinajstić information content (AvgIpc) is 2.97. The van der Waals surface area contributed by atoms with Gasteiger partial charge in [-0.15, -0.1) is 11.3 Å². The second-order valence-corrected chi connectivity index (χ2v) is 5.28. The number of nitriles is 1. The quantitative estimate of drug-likeness (QED) is 0.838. The van der Waals surface area contributed by atoms with E-state index in [0.29, 0.717) is 5.75 Å². The van der Waals surface area contributed by atoms with Gasteiger partial charge in [0.1, 0.15) is 17.6 Å². The molecule has 0 atom stereocenters. The Morgan fingerprint density at radius 2 is 2.15 bits per heavy atom. The summed E-state index contributed by atoms with van der Waals surface area (Å²) in [5.41, 5.74) is 4.53. The maximum absolute atomic E-state index is 8.70. The number of methoxy groups -OCH3 is 1. The topological polar surface area (TPSA) is 55.1 Å². The zero-order valence-corrected chi connectivity index (χ0v) is 12.5. The molecule has 20 heavy (non-hydrogen) atoms. The van der Waals surface area contributed by atoms with Crippen LogP contribution in [0.5, 0.6) is 11.5 Å². The molecule has 0 saturated heterocycles. The number of hydrogen-bond acceptors (Lipinski definition) is 5. The first-order chi connectivity index (χ1) is 9.67. The van der Waals surface area contributed by atoms with Crippen LogP contribution in [0.25, 0.3) is 11.3 Å². The molecule has 0 radical (unpaired) electrons. The summed E-state index contributed by atoms with van der Waals surface area (Å²) in [6.45, 7) is 4.19. The van der Waals surface area contributed by atoms with E-state index in [0.717, 1.165) is 22.6 Å². The van der Waals surface area contributed by atoms with Gasteiger partial charge in [-0.3, -0.25) is 0 Å². The van der Waals surface area contributed by atoms with Crippen molar-refractivity contribution in [3.8, 4) is 28.8 Å². The molecule has 0 unspecified atom stereocenters. The fourth-order valence-corrected chi connectivity index (χ4v) is 2.53. The Balaban J connectivity index is 2.54. The minimum absolute atomic E-state index is 0.0303. The Hall–Kier alpha value is -2.06. The fraction of sp³-hybridized carbons (Fsp3) is 0.333. The molecule has 2 aromatic rings. The summed E-state index contributed by atoms with van der Waals surface area (Å²) in [6.07, 6.45) is 0. The highest BCUT2D eigenvalue weighted by Crippen LogP contribution is 2.38. The van der Waals surface area contributed by atoms with Crippen LogP contribution >= 0.6 is 11.3 Å². The van der Waals surface area contributed by atoms with Gasteiger partial charge in [-0.1, -0.05) is 13.8 Å². The van der Waals surface area contributed by atoms with E-state index in [-0.39, 0.29) is 12.5 Å². The standard InChI is InChI=1S/C15H16N2O2S/c1-10(2)11-6-14(18-3)12(13-8-20-9-17-13)7-15(11)19-5-4-16/h6-10H,5H2,1-3H3. The fourth-order valence-electron chi connectivity index (χ4n) is 1.98. The van der Waals surface area contributed by atoms with Crippen molar-refractivity contribution in [2.75, 3.05) is 13.7 Å². The van der Waals surface area contributed by atoms with Crippen LogP contribution < -0.4 is 9.47 Å². The molecule has 1 aromatic heterocycles. The zero-order valence-electron chi connectivity index (χ0n) is 11.7. The van der Waals surface area contributed by atoms with Crippen molar-refractivity contribution in [3.63, 3.8) is 0 Å². The van der Waals surface area contributed by atoms with E-state index < -0.39 is 0 Å². The molecule has 0 spiro atoms. The molecular weight excluding hydrogens is 272 g/mol. The molecule has 0 aliphatic carbocycles. The second-order valence-electron chi connectivity index (χ2n) is 4.57. The summed E-state index contributed by atoms with van der Waals surface area (Å²) in [6, 6.07) is 5.87. The highest BCUT2D eigenvalue weighted by molar-refractivity contribution is 7.07. The molecule has 1 heterocycles. The van der Waals surface area contributed by atoms with Crippen LogP contribution in [0, 0.1) is 11.3 Å². The smallest absolute Gasteiger partial charge is 0.174 e. The van der Waals surface area contributed by atoms with E-state index in [2.05, 4.69) is 18.8 Å². The predicted octanol–water partition coefficient (Wildman–Crippen LogP) is 3.84. The van der Waals surface area contributed by atoms with Gasteiger partial charge in [0.15, 0.2) is 6.61 Å². The largest absolute Gasteiger partial charge is 0.496 e. The number of nitrogens with zero attached hydrogens (tertiary/aromatic N) is 2. The monoisotopic (exact) mass is 288 g/mol. The first-order valence-corrected chi connectivity index (χ1v) is 7.22. The van der Waals surface area contributed by atoms with Crippen molar-refractivity contribution in [2.24, 2.45) is 0 Å². The van der Waals surface area contributed by atoms with Crippen molar-refractivity contribution < 1.29 is 9.47 Å². The van der Waals surface area contributed by atoms with Crippen LogP contribution in [0.2, 0.25) is 0 Å². The minimum atomic E-state index is 0.0303. The van der Waals surface area contributed by atoms with E-state index in [1.807, 2.05) is 23.6 Å². The Kier molecular flexibility index (Phi) is 4.59. The predicted molar refractivity (Wildman–Crippen MR) is 79.3 cm³/mol. The van der Waals surface area contributed by atoms with Gasteiger partial charge in [0.05, 0.1) is 18.3 Å². The summed E-state index contributed by atoms with van der Waals surface area (Å²) >= 11 is 1.53. The van der Waals surface area contributed by atoms with Crippen molar-refractivity contribution in [1.82, 2.24) is 4.98 Å². The highest BCUT2D eigenvalue weighted by atomic mass is 32.1. The molecule has 5 heteroatoms. The maximum Gasteiger partial charge on any atom is 0.174 e. The summed E-state index contributed by atoms with van der Waals surface area (Å²) in [5, 5.41) is 10.7. The Morgan fingerprint density at radius 3 is 2.70 bits per heavy atom. The molecule has 0 bridgehead atoms. The number of benzene rings is 1. The molecule has 0 amide bonds. The molecule has 104 valence electrons. The lowest BCUT2D eigenvalue weighted by atomic mass is 9.98. The van der Waals surface area contributed by atoms with E-state index in [1.54, 1.807) is 12.6 Å². The number of thiazole rings is 1. The summed E-state index contributed by atoms with van der Waals surface area (Å²) in [5.74, 6) is 1.76. The van der Waals surface area contributed by atoms with Gasteiger partial charge in [0, 0.05) is 16.5 Å². The lowest BCUT2D eigenvalue weighted by Gasteiger charge is -2.16. The van der Waals surface area contributed by atoms with Crippen molar-refractivity contribution in [3.05, 3.63) is 28.6 Å². The van der Waals surface area contributed by atoms with Gasteiger partial charge in [0.2, 0.25) is 0 Å². The Labute approximate surface area is 122 Å². The lowest BCUT2D eigenvalue weighted by Crippen LogP contribution is -2.01. The summed E-state index contributed by atoms with van der Waals surface area (Å²) in [7, 11) is 1.64. The molecule has 0 aliphatic heterocycles. The third-order valence-electron chi connectivity index (χ3n) is 2.95. The van der Waals surface area contributed by atoms with Crippen molar-refractivity contribution in [1.29, 1.82) is 5.26 Å². The van der Waals surface area contributed by atoms with Crippen LogP contribution in [-0.4, -0.2) is 18.7 Å². The average molecular weight is 288 g/mol. The van der Waals surface area contributed by atoms with Crippen LogP contribution in [0.1, 0.15) is 25.3 Å². The molecule has 1 aromatic carbocycles. The van der Waals surface area contributed by atoms with Gasteiger partial charge in [0.25, 0.3) is 0 Å². The van der Waals surface area contributed by atoms with Gasteiger partial charge in [-0.2, -0.15) is 5.26 Å². The highest BCUT2D eigenvalue weighted by Gasteiger charge is 2.16. The second kappa shape index (κ2) is 6.40. The molecule has 0 saturated carbocycles. The first-order valence-electron chi connectivity index (χ1n) is 6.27. The number of rotatable bonds is 5. The molecule has 0 aliphatic rings. The van der Waals surface area contributed by atoms with E-state index in [1.165, 1.54) is 11.3 Å². The summed E-state index contributed by atoms with van der Waals surface area (Å²) < 4.78 is 11.0. The van der Waals surface area contributed by atoms with Crippen LogP contribution in [0.3, 0.4) is 0 Å². The minimum Gasteiger partial charge on any atom is -0.496 e. The number of aromatic nitrogens is 1. The van der Waals surface area contributed by atoms with Crippen LogP contribution in [0.15, 0.2) is 23.0 Å². The van der Waals surface area contributed by atoms with Gasteiger partial charge in [-0.25, -0.2) is 4.98 Å². The van der Waals surface area contributed by atoms with E-state index >= 15 is 0 Å².